The molecule has 2 amide bonds. The number of hydrogen-bond donors (Lipinski definition) is 1. The fourth-order valence-electron chi connectivity index (χ4n) is 2.79. The number of nitrogens with zero attached hydrogens (tertiary/aromatic N) is 2. The van der Waals surface area contributed by atoms with Gasteiger partial charge in [0.25, 0.3) is 5.91 Å². The van der Waals surface area contributed by atoms with E-state index in [0.717, 1.165) is 4.47 Å². The number of halogens is 1. The molecule has 1 N–H and O–H groups in total. The number of fused-ring (bicyclic) bond motifs is 1. The standard InChI is InChI=1S/C20H14BrN3O3/c21-14-4-3-5-15(10-14)27-19-9-8-13(11-22-19)20(26)24-12-18(25)23-16-6-1-2-7-17(16)24/h1-11H,12H2,(H,23,25). The van der Waals surface area contributed by atoms with Gasteiger partial charge in [-0.2, -0.15) is 0 Å². The molecule has 7 heteroatoms. The SMILES string of the molecule is O=C1CN(C(=O)c2ccc(Oc3cccc(Br)c3)nc2)c2ccccc2N1. The number of carbonyl (C=O) groups excluding carboxylic acids is 2. The zero-order valence-electron chi connectivity index (χ0n) is 14.1. The second kappa shape index (κ2) is 7.20. The summed E-state index contributed by atoms with van der Waals surface area (Å²) in [6.45, 7) is -0.0356. The monoisotopic (exact) mass is 423 g/mol. The minimum Gasteiger partial charge on any atom is -0.439 e. The summed E-state index contributed by atoms with van der Waals surface area (Å²) in [5.41, 5.74) is 1.65. The van der Waals surface area contributed by atoms with E-state index in [0.29, 0.717) is 28.6 Å². The summed E-state index contributed by atoms with van der Waals surface area (Å²) < 4.78 is 6.58. The Hall–Kier alpha value is -3.19. The maximum atomic E-state index is 12.9. The van der Waals surface area contributed by atoms with Crippen LogP contribution in [0.2, 0.25) is 0 Å². The van der Waals surface area contributed by atoms with Crippen LogP contribution in [0.15, 0.2) is 71.3 Å². The third kappa shape index (κ3) is 3.68. The molecule has 0 saturated heterocycles. The first-order chi connectivity index (χ1) is 13.1. The van der Waals surface area contributed by atoms with Crippen LogP contribution in [-0.2, 0) is 4.79 Å². The Morgan fingerprint density at radius 3 is 2.74 bits per heavy atom. The molecule has 134 valence electrons. The van der Waals surface area contributed by atoms with Crippen LogP contribution >= 0.6 is 15.9 Å². The molecule has 0 aliphatic carbocycles. The first-order valence-corrected chi connectivity index (χ1v) is 9.00. The molecule has 4 rings (SSSR count). The molecule has 0 bridgehead atoms. The van der Waals surface area contributed by atoms with Crippen LogP contribution in [-0.4, -0.2) is 23.3 Å². The highest BCUT2D eigenvalue weighted by atomic mass is 79.9. The van der Waals surface area contributed by atoms with Crippen LogP contribution in [0.1, 0.15) is 10.4 Å². The lowest BCUT2D eigenvalue weighted by Gasteiger charge is -2.29. The Balaban J connectivity index is 1.55. The molecule has 1 aliphatic heterocycles. The molecule has 0 spiro atoms. The van der Waals surface area contributed by atoms with Gasteiger partial charge in [-0.15, -0.1) is 0 Å². The molecule has 0 atom stereocenters. The predicted molar refractivity (Wildman–Crippen MR) is 105 cm³/mol. The predicted octanol–water partition coefficient (Wildman–Crippen LogP) is 4.24. The van der Waals surface area contributed by atoms with E-state index in [4.69, 9.17) is 4.74 Å². The lowest BCUT2D eigenvalue weighted by atomic mass is 10.1. The minimum absolute atomic E-state index is 0.0356. The topological polar surface area (TPSA) is 71.5 Å². The van der Waals surface area contributed by atoms with E-state index in [-0.39, 0.29) is 18.4 Å². The van der Waals surface area contributed by atoms with Crippen molar-refractivity contribution >= 4 is 39.1 Å². The van der Waals surface area contributed by atoms with Gasteiger partial charge >= 0.3 is 0 Å². The molecule has 0 unspecified atom stereocenters. The largest absolute Gasteiger partial charge is 0.439 e. The van der Waals surface area contributed by atoms with Crippen LogP contribution in [0.25, 0.3) is 0 Å². The van der Waals surface area contributed by atoms with E-state index < -0.39 is 0 Å². The van der Waals surface area contributed by atoms with Crippen molar-refractivity contribution < 1.29 is 14.3 Å². The molecular formula is C20H14BrN3O3. The quantitative estimate of drug-likeness (QED) is 0.683. The van der Waals surface area contributed by atoms with E-state index in [9.17, 15) is 9.59 Å². The van der Waals surface area contributed by atoms with Crippen molar-refractivity contribution in [2.75, 3.05) is 16.8 Å². The van der Waals surface area contributed by atoms with Crippen molar-refractivity contribution in [1.29, 1.82) is 0 Å². The smallest absolute Gasteiger partial charge is 0.260 e. The Morgan fingerprint density at radius 2 is 1.96 bits per heavy atom. The number of carbonyl (C=O) groups is 2. The molecule has 3 aromatic rings. The third-order valence-corrected chi connectivity index (χ3v) is 4.51. The van der Waals surface area contributed by atoms with Crippen LogP contribution in [0.3, 0.4) is 0 Å². The van der Waals surface area contributed by atoms with Crippen LogP contribution < -0.4 is 15.0 Å². The maximum absolute atomic E-state index is 12.9. The summed E-state index contributed by atoms with van der Waals surface area (Å²) in [6.07, 6.45) is 1.45. The normalized spacial score (nSPS) is 12.9. The van der Waals surface area contributed by atoms with Gasteiger partial charge in [0.05, 0.1) is 16.9 Å². The second-order valence-corrected chi connectivity index (χ2v) is 6.82. The molecule has 27 heavy (non-hydrogen) atoms. The molecule has 0 fully saturated rings. The van der Waals surface area contributed by atoms with Gasteiger partial charge in [-0.1, -0.05) is 34.1 Å². The zero-order valence-corrected chi connectivity index (χ0v) is 15.6. The van der Waals surface area contributed by atoms with Gasteiger partial charge in [0.1, 0.15) is 12.3 Å². The van der Waals surface area contributed by atoms with Crippen LogP contribution in [0, 0.1) is 0 Å². The Labute approximate surface area is 163 Å². The maximum Gasteiger partial charge on any atom is 0.260 e. The first-order valence-electron chi connectivity index (χ1n) is 8.20. The molecule has 0 saturated carbocycles. The molecule has 1 aromatic heterocycles. The summed E-state index contributed by atoms with van der Waals surface area (Å²) in [5, 5.41) is 2.76. The second-order valence-electron chi connectivity index (χ2n) is 5.90. The summed E-state index contributed by atoms with van der Waals surface area (Å²) in [5.74, 6) is 0.488. The van der Waals surface area contributed by atoms with Crippen LogP contribution in [0.5, 0.6) is 11.6 Å². The van der Waals surface area contributed by atoms with Crippen molar-refractivity contribution in [2.45, 2.75) is 0 Å². The van der Waals surface area contributed by atoms with Gasteiger partial charge in [-0.25, -0.2) is 4.98 Å². The van der Waals surface area contributed by atoms with Crippen molar-refractivity contribution in [2.24, 2.45) is 0 Å². The Bertz CT molecular complexity index is 1020. The fourth-order valence-corrected chi connectivity index (χ4v) is 3.17. The highest BCUT2D eigenvalue weighted by Gasteiger charge is 2.27. The summed E-state index contributed by atoms with van der Waals surface area (Å²) in [4.78, 5) is 30.4. The van der Waals surface area contributed by atoms with Gasteiger partial charge < -0.3 is 10.1 Å². The lowest BCUT2D eigenvalue weighted by molar-refractivity contribution is -0.115. The third-order valence-electron chi connectivity index (χ3n) is 4.02. The van der Waals surface area contributed by atoms with Crippen molar-refractivity contribution in [3.05, 3.63) is 76.9 Å². The van der Waals surface area contributed by atoms with E-state index in [1.807, 2.05) is 36.4 Å². The summed E-state index contributed by atoms with van der Waals surface area (Å²) >= 11 is 3.39. The summed E-state index contributed by atoms with van der Waals surface area (Å²) in [7, 11) is 0. The number of ether oxygens (including phenoxy) is 1. The number of aromatic nitrogens is 1. The number of amides is 2. The van der Waals surface area contributed by atoms with E-state index in [2.05, 4.69) is 26.2 Å². The lowest BCUT2D eigenvalue weighted by Crippen LogP contribution is -2.42. The van der Waals surface area contributed by atoms with E-state index in [1.54, 1.807) is 24.3 Å². The number of hydrogen-bond acceptors (Lipinski definition) is 4. The highest BCUT2D eigenvalue weighted by Crippen LogP contribution is 2.30. The van der Waals surface area contributed by atoms with Gasteiger partial charge in [-0.3, -0.25) is 14.5 Å². The van der Waals surface area contributed by atoms with Crippen LogP contribution in [0.4, 0.5) is 11.4 Å². The van der Waals surface area contributed by atoms with Crippen molar-refractivity contribution in [3.8, 4) is 11.6 Å². The van der Waals surface area contributed by atoms with Gasteiger partial charge in [0.2, 0.25) is 11.8 Å². The van der Waals surface area contributed by atoms with Crippen molar-refractivity contribution in [3.63, 3.8) is 0 Å². The fraction of sp³-hybridized carbons (Fsp3) is 0.0500. The molecule has 2 heterocycles. The number of nitrogens with one attached hydrogen (secondary N) is 1. The van der Waals surface area contributed by atoms with Gasteiger partial charge in [0.15, 0.2) is 0 Å². The number of para-hydroxylation sites is 2. The molecule has 1 aliphatic rings. The molecular weight excluding hydrogens is 410 g/mol. The van der Waals surface area contributed by atoms with Gasteiger partial charge in [-0.05, 0) is 36.4 Å². The van der Waals surface area contributed by atoms with Crippen molar-refractivity contribution in [1.82, 2.24) is 4.98 Å². The van der Waals surface area contributed by atoms with E-state index >= 15 is 0 Å². The number of pyridine rings is 1. The average molecular weight is 424 g/mol. The molecule has 0 radical (unpaired) electrons. The zero-order chi connectivity index (χ0) is 18.8. The Morgan fingerprint density at radius 1 is 1.11 bits per heavy atom. The van der Waals surface area contributed by atoms with Gasteiger partial charge in [0, 0.05) is 16.7 Å². The molecule has 2 aromatic carbocycles. The Kier molecular flexibility index (Phi) is 4.60. The average Bonchev–Trinajstić information content (AvgIpc) is 2.67. The first kappa shape index (κ1) is 17.2. The van der Waals surface area contributed by atoms with E-state index in [1.165, 1.54) is 11.1 Å². The number of rotatable bonds is 3. The minimum atomic E-state index is -0.293. The number of benzene rings is 2. The molecule has 6 nitrogen and oxygen atoms in total. The highest BCUT2D eigenvalue weighted by molar-refractivity contribution is 9.10. The number of anilines is 2. The summed E-state index contributed by atoms with van der Waals surface area (Å²) in [6, 6.07) is 17.8.